The van der Waals surface area contributed by atoms with E-state index >= 15 is 0 Å². The van der Waals surface area contributed by atoms with Crippen molar-refractivity contribution in [3.05, 3.63) is 42.0 Å². The van der Waals surface area contributed by atoms with Crippen molar-refractivity contribution in [2.75, 3.05) is 26.1 Å². The maximum Gasteiger partial charge on any atom is 0.446 e. The van der Waals surface area contributed by atoms with Crippen molar-refractivity contribution in [1.29, 1.82) is 0 Å². The number of hydrogen-bond acceptors (Lipinski definition) is 7. The van der Waals surface area contributed by atoms with E-state index in [1.165, 1.54) is 38.5 Å². The minimum atomic E-state index is -4.45. The molecule has 164 valence electrons. The fourth-order valence-corrected chi connectivity index (χ4v) is 4.29. The Kier molecular flexibility index (Phi) is 7.48. The standard InChI is InChI=1S/C18H18F3NO6S2/c1-26-14-8-11(9-17(23)28-3)16(10-15(14)27-2)30(24,25)22-12-4-6-13(7-5-12)29-18(19,20)21/h4-8,10,22H,9H2,1-3H3. The molecule has 0 spiro atoms. The van der Waals surface area contributed by atoms with Gasteiger partial charge >= 0.3 is 11.5 Å². The Bertz CT molecular complexity index is 1010. The van der Waals surface area contributed by atoms with Crippen molar-refractivity contribution in [3.8, 4) is 11.5 Å². The van der Waals surface area contributed by atoms with Crippen LogP contribution >= 0.6 is 11.8 Å². The summed E-state index contributed by atoms with van der Waals surface area (Å²) in [4.78, 5) is 11.4. The molecule has 2 aromatic carbocycles. The summed E-state index contributed by atoms with van der Waals surface area (Å²) in [6, 6.07) is 7.21. The highest BCUT2D eigenvalue weighted by molar-refractivity contribution is 8.00. The zero-order chi connectivity index (χ0) is 22.5. The number of benzene rings is 2. The van der Waals surface area contributed by atoms with Crippen molar-refractivity contribution >= 4 is 33.4 Å². The maximum absolute atomic E-state index is 12.9. The van der Waals surface area contributed by atoms with E-state index in [0.717, 1.165) is 19.2 Å². The number of carbonyl (C=O) groups excluding carboxylic acids is 1. The normalized spacial score (nSPS) is 11.7. The third kappa shape index (κ3) is 6.20. The summed E-state index contributed by atoms with van der Waals surface area (Å²) in [5.41, 5.74) is -4.32. The van der Waals surface area contributed by atoms with Gasteiger partial charge < -0.3 is 14.2 Å². The predicted molar refractivity (Wildman–Crippen MR) is 104 cm³/mol. The van der Waals surface area contributed by atoms with Crippen molar-refractivity contribution in [2.45, 2.75) is 21.7 Å². The molecule has 2 rings (SSSR count). The van der Waals surface area contributed by atoms with E-state index in [9.17, 15) is 26.4 Å². The zero-order valence-corrected chi connectivity index (χ0v) is 17.7. The number of nitrogens with one attached hydrogen (secondary N) is 1. The molecule has 7 nitrogen and oxygen atoms in total. The fourth-order valence-electron chi connectivity index (χ4n) is 2.45. The summed E-state index contributed by atoms with van der Waals surface area (Å²) in [6.07, 6.45) is -0.353. The lowest BCUT2D eigenvalue weighted by Gasteiger charge is -2.16. The summed E-state index contributed by atoms with van der Waals surface area (Å²) in [5.74, 6) is -0.348. The van der Waals surface area contributed by atoms with E-state index in [-0.39, 0.29) is 50.7 Å². The number of alkyl halides is 3. The first-order valence-corrected chi connectivity index (χ1v) is 10.5. The second-order valence-corrected chi connectivity index (χ2v) is 8.53. The van der Waals surface area contributed by atoms with Crippen LogP contribution in [-0.4, -0.2) is 41.2 Å². The van der Waals surface area contributed by atoms with E-state index in [1.807, 2.05) is 0 Å². The molecule has 0 saturated heterocycles. The van der Waals surface area contributed by atoms with Crippen LogP contribution in [0.5, 0.6) is 11.5 Å². The smallest absolute Gasteiger partial charge is 0.446 e. The van der Waals surface area contributed by atoms with Gasteiger partial charge in [0.2, 0.25) is 0 Å². The van der Waals surface area contributed by atoms with Crippen LogP contribution in [0.2, 0.25) is 0 Å². The number of rotatable bonds is 8. The van der Waals surface area contributed by atoms with Gasteiger partial charge in [-0.3, -0.25) is 9.52 Å². The molecule has 0 unspecified atom stereocenters. The van der Waals surface area contributed by atoms with Crippen molar-refractivity contribution in [1.82, 2.24) is 0 Å². The summed E-state index contributed by atoms with van der Waals surface area (Å²) in [5, 5.41) is 0. The van der Waals surface area contributed by atoms with Crippen LogP contribution in [0.1, 0.15) is 5.56 Å². The number of anilines is 1. The van der Waals surface area contributed by atoms with E-state index < -0.39 is 21.5 Å². The van der Waals surface area contributed by atoms with Crippen LogP contribution < -0.4 is 14.2 Å². The van der Waals surface area contributed by atoms with Crippen LogP contribution in [0, 0.1) is 0 Å². The molecular weight excluding hydrogens is 447 g/mol. The van der Waals surface area contributed by atoms with Gasteiger partial charge in [-0.15, -0.1) is 0 Å². The van der Waals surface area contributed by atoms with Crippen molar-refractivity contribution < 1.29 is 40.6 Å². The average molecular weight is 465 g/mol. The number of ether oxygens (including phenoxy) is 3. The van der Waals surface area contributed by atoms with Gasteiger partial charge in [0.05, 0.1) is 32.6 Å². The van der Waals surface area contributed by atoms with Crippen molar-refractivity contribution in [2.24, 2.45) is 0 Å². The molecule has 0 bridgehead atoms. The SMILES string of the molecule is COC(=O)Cc1cc(OC)c(OC)cc1S(=O)(=O)Nc1ccc(SC(F)(F)F)cc1. The van der Waals surface area contributed by atoms with E-state index in [1.54, 1.807) is 0 Å². The number of methoxy groups -OCH3 is 3. The molecule has 0 atom stereocenters. The van der Waals surface area contributed by atoms with Gasteiger partial charge in [0.25, 0.3) is 10.0 Å². The summed E-state index contributed by atoms with van der Waals surface area (Å²) in [6.45, 7) is 0. The van der Waals surface area contributed by atoms with Crippen molar-refractivity contribution in [3.63, 3.8) is 0 Å². The number of carbonyl (C=O) groups is 1. The Balaban J connectivity index is 2.41. The first-order chi connectivity index (χ1) is 14.0. The van der Waals surface area contributed by atoms with Gasteiger partial charge in [-0.1, -0.05) is 0 Å². The van der Waals surface area contributed by atoms with Crippen LogP contribution in [0.25, 0.3) is 0 Å². The highest BCUT2D eigenvalue weighted by Crippen LogP contribution is 2.37. The lowest BCUT2D eigenvalue weighted by molar-refractivity contribution is -0.139. The molecule has 0 aliphatic heterocycles. The zero-order valence-electron chi connectivity index (χ0n) is 16.1. The van der Waals surface area contributed by atoms with E-state index in [2.05, 4.69) is 9.46 Å². The molecule has 0 fully saturated rings. The lowest BCUT2D eigenvalue weighted by Crippen LogP contribution is -2.17. The quantitative estimate of drug-likeness (QED) is 0.468. The summed E-state index contributed by atoms with van der Waals surface area (Å²) >= 11 is -0.314. The number of sulfonamides is 1. The van der Waals surface area contributed by atoms with Gasteiger partial charge in [0.15, 0.2) is 11.5 Å². The first-order valence-electron chi connectivity index (χ1n) is 8.19. The Labute approximate surface area is 175 Å². The van der Waals surface area contributed by atoms with Gasteiger partial charge in [0, 0.05) is 16.6 Å². The molecular formula is C18H18F3NO6S2. The number of esters is 1. The van der Waals surface area contributed by atoms with Gasteiger partial charge in [-0.05, 0) is 47.7 Å². The molecule has 30 heavy (non-hydrogen) atoms. The molecule has 0 aliphatic rings. The molecule has 0 amide bonds. The Morgan fingerprint density at radius 1 is 1.03 bits per heavy atom. The molecule has 0 heterocycles. The van der Waals surface area contributed by atoms with Gasteiger partial charge in [0.1, 0.15) is 0 Å². The van der Waals surface area contributed by atoms with E-state index in [4.69, 9.17) is 9.47 Å². The molecule has 0 saturated carbocycles. The maximum atomic E-state index is 12.9. The van der Waals surface area contributed by atoms with Gasteiger partial charge in [-0.2, -0.15) is 13.2 Å². The summed E-state index contributed by atoms with van der Waals surface area (Å²) < 4.78 is 80.3. The second kappa shape index (κ2) is 9.47. The van der Waals surface area contributed by atoms with Crippen LogP contribution in [0.3, 0.4) is 0 Å². The first kappa shape index (κ1) is 23.7. The fraction of sp³-hybridized carbons (Fsp3) is 0.278. The van der Waals surface area contributed by atoms with Crippen LogP contribution in [0.15, 0.2) is 46.2 Å². The minimum Gasteiger partial charge on any atom is -0.493 e. The molecule has 0 aromatic heterocycles. The molecule has 0 radical (unpaired) electrons. The average Bonchev–Trinajstić information content (AvgIpc) is 2.67. The topological polar surface area (TPSA) is 90.9 Å². The second-order valence-electron chi connectivity index (χ2n) is 5.75. The monoisotopic (exact) mass is 465 g/mol. The van der Waals surface area contributed by atoms with Crippen LogP contribution in [0.4, 0.5) is 18.9 Å². The van der Waals surface area contributed by atoms with Crippen LogP contribution in [-0.2, 0) is 26.0 Å². The van der Waals surface area contributed by atoms with Gasteiger partial charge in [-0.25, -0.2) is 8.42 Å². The Hall–Kier alpha value is -2.60. The Morgan fingerprint density at radius 2 is 1.60 bits per heavy atom. The largest absolute Gasteiger partial charge is 0.493 e. The molecule has 1 N–H and O–H groups in total. The highest BCUT2D eigenvalue weighted by atomic mass is 32.2. The number of hydrogen-bond donors (Lipinski definition) is 1. The molecule has 2 aromatic rings. The minimum absolute atomic E-state index is 0.0420. The van der Waals surface area contributed by atoms with E-state index in [0.29, 0.717) is 0 Å². The molecule has 0 aliphatic carbocycles. The molecule has 12 heteroatoms. The highest BCUT2D eigenvalue weighted by Gasteiger charge is 2.29. The summed E-state index contributed by atoms with van der Waals surface area (Å²) in [7, 11) is -0.391. The predicted octanol–water partition coefficient (Wildman–Crippen LogP) is 3.83. The number of halogens is 3. The lowest BCUT2D eigenvalue weighted by atomic mass is 10.1. The third-order valence-corrected chi connectivity index (χ3v) is 5.96. The number of thioether (sulfide) groups is 1. The third-order valence-electron chi connectivity index (χ3n) is 3.76. The Morgan fingerprint density at radius 3 is 2.10 bits per heavy atom.